The number of ether oxygens (including phenoxy) is 2. The monoisotopic (exact) mass is 190 g/mol. The Kier molecular flexibility index (Phi) is 2.31. The summed E-state index contributed by atoms with van der Waals surface area (Å²) < 4.78 is 8.95. The highest BCUT2D eigenvalue weighted by atomic mass is 16.7. The summed E-state index contributed by atoms with van der Waals surface area (Å²) in [6.07, 6.45) is -2.53. The van der Waals surface area contributed by atoms with Gasteiger partial charge in [0.1, 0.15) is 11.7 Å². The average Bonchev–Trinajstić information content (AvgIpc) is 1.97. The molecule has 1 rings (SSSR count). The molecule has 1 saturated carbocycles. The van der Waals surface area contributed by atoms with E-state index >= 15 is 0 Å². The van der Waals surface area contributed by atoms with Crippen LogP contribution in [-0.4, -0.2) is 34.2 Å². The van der Waals surface area contributed by atoms with Crippen molar-refractivity contribution in [3.8, 4) is 0 Å². The van der Waals surface area contributed by atoms with Gasteiger partial charge in [-0.15, -0.1) is 0 Å². The van der Waals surface area contributed by atoms with Crippen molar-refractivity contribution in [2.24, 2.45) is 0 Å². The summed E-state index contributed by atoms with van der Waals surface area (Å²) in [5, 5.41) is 16.6. The Morgan fingerprint density at radius 3 is 2.31 bits per heavy atom. The van der Waals surface area contributed by atoms with Gasteiger partial charge in [0.05, 0.1) is 0 Å². The topological polar surface area (TPSA) is 93.1 Å². The van der Waals surface area contributed by atoms with Crippen LogP contribution in [0, 0.1) is 0 Å². The smallest absolute Gasteiger partial charge is 0.450 e. The number of carboxylic acid groups (broad SMARTS) is 2. The fourth-order valence-corrected chi connectivity index (χ4v) is 1.29. The second-order valence-electron chi connectivity index (χ2n) is 3.09. The molecule has 0 radical (unpaired) electrons. The maximum atomic E-state index is 10.2. The molecule has 6 nitrogen and oxygen atoms in total. The second kappa shape index (κ2) is 3.12. The van der Waals surface area contributed by atoms with Gasteiger partial charge in [0.2, 0.25) is 0 Å². The van der Waals surface area contributed by atoms with Crippen LogP contribution in [0.1, 0.15) is 19.8 Å². The summed E-state index contributed by atoms with van der Waals surface area (Å²) in [4.78, 5) is 20.4. The Bertz CT molecular complexity index is 237. The molecule has 1 fully saturated rings. The number of hydrogen-bond acceptors (Lipinski definition) is 4. The van der Waals surface area contributed by atoms with Crippen LogP contribution in [0.3, 0.4) is 0 Å². The molecule has 0 aliphatic heterocycles. The van der Waals surface area contributed by atoms with Crippen molar-refractivity contribution in [3.05, 3.63) is 0 Å². The molecule has 6 heteroatoms. The van der Waals surface area contributed by atoms with Crippen LogP contribution in [0.2, 0.25) is 0 Å². The molecule has 1 aliphatic rings. The third kappa shape index (κ3) is 2.01. The van der Waals surface area contributed by atoms with Crippen LogP contribution in [-0.2, 0) is 9.47 Å². The average molecular weight is 190 g/mol. The fourth-order valence-electron chi connectivity index (χ4n) is 1.29. The van der Waals surface area contributed by atoms with E-state index in [-0.39, 0.29) is 0 Å². The molecule has 0 aromatic heterocycles. The lowest BCUT2D eigenvalue weighted by Crippen LogP contribution is -2.54. The first-order valence-electron chi connectivity index (χ1n) is 3.75. The van der Waals surface area contributed by atoms with Gasteiger partial charge in [-0.1, -0.05) is 0 Å². The van der Waals surface area contributed by atoms with Crippen LogP contribution >= 0.6 is 0 Å². The fraction of sp³-hybridized carbons (Fsp3) is 0.714. The Balaban J connectivity index is 2.50. The van der Waals surface area contributed by atoms with Gasteiger partial charge in [-0.3, -0.25) is 0 Å². The van der Waals surface area contributed by atoms with Gasteiger partial charge in [-0.25, -0.2) is 9.59 Å². The highest BCUT2D eigenvalue weighted by molar-refractivity contribution is 5.59. The summed E-state index contributed by atoms with van der Waals surface area (Å²) in [6.45, 7) is 1.51. The third-order valence-corrected chi connectivity index (χ3v) is 2.15. The van der Waals surface area contributed by atoms with Gasteiger partial charge in [-0.2, -0.15) is 0 Å². The largest absolute Gasteiger partial charge is 0.506 e. The van der Waals surface area contributed by atoms with E-state index in [1.165, 1.54) is 6.92 Å². The van der Waals surface area contributed by atoms with Gasteiger partial charge >= 0.3 is 12.3 Å². The normalized spacial score (nSPS) is 31.6. The Labute approximate surface area is 74.1 Å². The summed E-state index contributed by atoms with van der Waals surface area (Å²) in [7, 11) is 0. The van der Waals surface area contributed by atoms with Crippen molar-refractivity contribution in [2.45, 2.75) is 31.5 Å². The Morgan fingerprint density at radius 2 is 2.00 bits per heavy atom. The molecule has 0 aromatic rings. The molecule has 2 unspecified atom stereocenters. The molecule has 2 atom stereocenters. The van der Waals surface area contributed by atoms with Crippen molar-refractivity contribution in [1.29, 1.82) is 0 Å². The van der Waals surface area contributed by atoms with Gasteiger partial charge in [-0.05, 0) is 19.8 Å². The number of hydrogen-bond donors (Lipinski definition) is 2. The zero-order chi connectivity index (χ0) is 10.1. The first-order chi connectivity index (χ1) is 5.94. The van der Waals surface area contributed by atoms with Crippen LogP contribution in [0.4, 0.5) is 9.59 Å². The van der Waals surface area contributed by atoms with Crippen LogP contribution < -0.4 is 0 Å². The minimum absolute atomic E-state index is 0.483. The van der Waals surface area contributed by atoms with Crippen LogP contribution in [0.5, 0.6) is 0 Å². The van der Waals surface area contributed by atoms with Gasteiger partial charge in [0.15, 0.2) is 0 Å². The molecule has 0 aromatic carbocycles. The zero-order valence-corrected chi connectivity index (χ0v) is 7.02. The van der Waals surface area contributed by atoms with Crippen molar-refractivity contribution in [3.63, 3.8) is 0 Å². The summed E-state index contributed by atoms with van der Waals surface area (Å²) in [6, 6.07) is 0. The number of carbonyl (C=O) groups is 2. The molecule has 2 N–H and O–H groups in total. The quantitative estimate of drug-likeness (QED) is 0.637. The molecule has 1 aliphatic carbocycles. The highest BCUT2D eigenvalue weighted by Gasteiger charge is 2.49. The highest BCUT2D eigenvalue weighted by Crippen LogP contribution is 2.38. The summed E-state index contributed by atoms with van der Waals surface area (Å²) in [5.41, 5.74) is -1.01. The third-order valence-electron chi connectivity index (χ3n) is 2.15. The minimum atomic E-state index is -1.42. The standard InChI is InChI=1S/C7H10O6/c1-7(13-6(10)11)3-2-4(7)12-5(8)9/h4H,2-3H2,1H3,(H,8,9)(H,10,11). The summed E-state index contributed by atoms with van der Waals surface area (Å²) in [5.74, 6) is 0. The molecule has 13 heavy (non-hydrogen) atoms. The molecule has 0 saturated heterocycles. The lowest BCUT2D eigenvalue weighted by Gasteiger charge is -2.43. The Hall–Kier alpha value is -1.46. The minimum Gasteiger partial charge on any atom is -0.450 e. The van der Waals surface area contributed by atoms with Crippen molar-refractivity contribution < 1.29 is 29.3 Å². The molecule has 0 heterocycles. The van der Waals surface area contributed by atoms with E-state index in [4.69, 9.17) is 10.2 Å². The van der Waals surface area contributed by atoms with Crippen molar-refractivity contribution >= 4 is 12.3 Å². The molecular formula is C7H10O6. The first kappa shape index (κ1) is 9.63. The SMILES string of the molecule is CC1(OC(=O)O)CCC1OC(=O)O. The molecular weight excluding hydrogens is 180 g/mol. The van der Waals surface area contributed by atoms with Crippen molar-refractivity contribution in [2.75, 3.05) is 0 Å². The molecule has 0 amide bonds. The predicted octanol–water partition coefficient (Wildman–Crippen LogP) is 1.30. The van der Waals surface area contributed by atoms with E-state index < -0.39 is 24.0 Å². The lowest BCUT2D eigenvalue weighted by molar-refractivity contribution is -0.153. The molecule has 74 valence electrons. The van der Waals surface area contributed by atoms with Gasteiger partial charge < -0.3 is 19.7 Å². The maximum Gasteiger partial charge on any atom is 0.506 e. The van der Waals surface area contributed by atoms with E-state index in [1.54, 1.807) is 0 Å². The van der Waals surface area contributed by atoms with Gasteiger partial charge in [0.25, 0.3) is 0 Å². The first-order valence-corrected chi connectivity index (χ1v) is 3.75. The van der Waals surface area contributed by atoms with E-state index in [1.807, 2.05) is 0 Å². The maximum absolute atomic E-state index is 10.2. The molecule has 0 bridgehead atoms. The van der Waals surface area contributed by atoms with Crippen LogP contribution in [0.25, 0.3) is 0 Å². The van der Waals surface area contributed by atoms with E-state index in [9.17, 15) is 9.59 Å². The second-order valence-corrected chi connectivity index (χ2v) is 3.09. The predicted molar refractivity (Wildman–Crippen MR) is 39.6 cm³/mol. The van der Waals surface area contributed by atoms with E-state index in [2.05, 4.69) is 9.47 Å². The van der Waals surface area contributed by atoms with Crippen LogP contribution in [0.15, 0.2) is 0 Å². The van der Waals surface area contributed by atoms with Crippen molar-refractivity contribution in [1.82, 2.24) is 0 Å². The summed E-state index contributed by atoms with van der Waals surface area (Å²) >= 11 is 0. The zero-order valence-electron chi connectivity index (χ0n) is 7.02. The number of rotatable bonds is 2. The lowest BCUT2D eigenvalue weighted by atomic mass is 9.78. The van der Waals surface area contributed by atoms with E-state index in [0.29, 0.717) is 12.8 Å². The Morgan fingerprint density at radius 1 is 1.38 bits per heavy atom. The molecule has 0 spiro atoms. The van der Waals surface area contributed by atoms with E-state index in [0.717, 1.165) is 0 Å². The van der Waals surface area contributed by atoms with Gasteiger partial charge in [0, 0.05) is 0 Å².